The molecule has 0 aromatic rings. The Morgan fingerprint density at radius 3 is 2.53 bits per heavy atom. The van der Waals surface area contributed by atoms with E-state index in [9.17, 15) is 4.79 Å². The number of nitriles is 1. The third-order valence-electron chi connectivity index (χ3n) is 2.57. The molecule has 0 fully saturated rings. The van der Waals surface area contributed by atoms with E-state index in [1.165, 1.54) is 0 Å². The van der Waals surface area contributed by atoms with E-state index in [1.807, 2.05) is 13.8 Å². The number of esters is 1. The van der Waals surface area contributed by atoms with Crippen molar-refractivity contribution in [3.8, 4) is 6.07 Å². The molecule has 0 aliphatic heterocycles. The Morgan fingerprint density at radius 2 is 2.06 bits per heavy atom. The highest BCUT2D eigenvalue weighted by Crippen LogP contribution is 2.25. The second-order valence-corrected chi connectivity index (χ2v) is 4.56. The van der Waals surface area contributed by atoms with E-state index in [-0.39, 0.29) is 12.4 Å². The average molecular weight is 241 g/mol. The molecule has 0 aliphatic rings. The zero-order valence-corrected chi connectivity index (χ0v) is 11.3. The van der Waals surface area contributed by atoms with Gasteiger partial charge in [0, 0.05) is 6.61 Å². The Morgan fingerprint density at radius 1 is 1.41 bits per heavy atom. The molecule has 0 aromatic heterocycles. The molecule has 0 unspecified atom stereocenters. The second-order valence-electron chi connectivity index (χ2n) is 4.56. The minimum atomic E-state index is -0.681. The minimum Gasteiger partial charge on any atom is -0.466 e. The van der Waals surface area contributed by atoms with E-state index >= 15 is 0 Å². The van der Waals surface area contributed by atoms with E-state index in [2.05, 4.69) is 6.07 Å². The van der Waals surface area contributed by atoms with E-state index in [1.54, 1.807) is 13.8 Å². The monoisotopic (exact) mass is 241 g/mol. The third-order valence-corrected chi connectivity index (χ3v) is 2.57. The molecule has 0 radical (unpaired) electrons. The molecule has 98 valence electrons. The normalized spacial score (nSPS) is 12.9. The average Bonchev–Trinajstić information content (AvgIpc) is 2.29. The minimum absolute atomic E-state index is 0.137. The molecule has 0 bridgehead atoms. The standard InChI is InChI=1S/C13H23NO3/c1-5-7-8-17-12(15)9-11(16-6-2)13(3,4)10-14/h11H,5-9H2,1-4H3/t11-/m1/s1. The summed E-state index contributed by atoms with van der Waals surface area (Å²) >= 11 is 0. The molecule has 4 nitrogen and oxygen atoms in total. The quantitative estimate of drug-likeness (QED) is 0.484. The van der Waals surface area contributed by atoms with E-state index in [4.69, 9.17) is 14.7 Å². The van der Waals surface area contributed by atoms with Crippen molar-refractivity contribution in [3.05, 3.63) is 0 Å². The van der Waals surface area contributed by atoms with E-state index in [0.29, 0.717) is 13.2 Å². The van der Waals surface area contributed by atoms with Gasteiger partial charge in [-0.05, 0) is 27.2 Å². The van der Waals surface area contributed by atoms with Crippen LogP contribution < -0.4 is 0 Å². The van der Waals surface area contributed by atoms with Gasteiger partial charge in [0.05, 0.1) is 30.6 Å². The summed E-state index contributed by atoms with van der Waals surface area (Å²) in [6, 6.07) is 2.17. The molecule has 0 rings (SSSR count). The van der Waals surface area contributed by atoms with Crippen molar-refractivity contribution in [1.82, 2.24) is 0 Å². The first-order chi connectivity index (χ1) is 7.97. The number of rotatable bonds is 8. The maximum atomic E-state index is 11.6. The van der Waals surface area contributed by atoms with Crippen molar-refractivity contribution in [3.63, 3.8) is 0 Å². The Bertz CT molecular complexity index is 268. The number of unbranched alkanes of at least 4 members (excludes halogenated alkanes) is 1. The topological polar surface area (TPSA) is 59.3 Å². The highest BCUT2D eigenvalue weighted by molar-refractivity contribution is 5.70. The van der Waals surface area contributed by atoms with Crippen LogP contribution >= 0.6 is 0 Å². The van der Waals surface area contributed by atoms with Crippen LogP contribution in [0.15, 0.2) is 0 Å². The first kappa shape index (κ1) is 15.9. The van der Waals surface area contributed by atoms with Gasteiger partial charge >= 0.3 is 5.97 Å². The zero-order chi connectivity index (χ0) is 13.3. The maximum absolute atomic E-state index is 11.6. The zero-order valence-electron chi connectivity index (χ0n) is 11.3. The van der Waals surface area contributed by atoms with Crippen LogP contribution in [0.4, 0.5) is 0 Å². The van der Waals surface area contributed by atoms with Crippen molar-refractivity contribution < 1.29 is 14.3 Å². The van der Waals surface area contributed by atoms with Gasteiger partial charge in [0.2, 0.25) is 0 Å². The molecule has 0 spiro atoms. The van der Waals surface area contributed by atoms with Crippen LogP contribution in [0.25, 0.3) is 0 Å². The predicted molar refractivity (Wildman–Crippen MR) is 65.3 cm³/mol. The molecular weight excluding hydrogens is 218 g/mol. The summed E-state index contributed by atoms with van der Waals surface area (Å²) < 4.78 is 10.5. The highest BCUT2D eigenvalue weighted by atomic mass is 16.5. The summed E-state index contributed by atoms with van der Waals surface area (Å²) in [5.41, 5.74) is -0.681. The van der Waals surface area contributed by atoms with Crippen molar-refractivity contribution in [2.24, 2.45) is 5.41 Å². The summed E-state index contributed by atoms with van der Waals surface area (Å²) in [6.07, 6.45) is 1.59. The van der Waals surface area contributed by atoms with Gasteiger partial charge in [0.25, 0.3) is 0 Å². The number of carbonyl (C=O) groups is 1. The number of carbonyl (C=O) groups excluding carboxylic acids is 1. The lowest BCUT2D eigenvalue weighted by Crippen LogP contribution is -2.33. The molecule has 0 aliphatic carbocycles. The molecular formula is C13H23NO3. The number of ether oxygens (including phenoxy) is 2. The fraction of sp³-hybridized carbons (Fsp3) is 0.846. The van der Waals surface area contributed by atoms with Gasteiger partial charge in [-0.1, -0.05) is 13.3 Å². The van der Waals surface area contributed by atoms with Crippen LogP contribution in [0.2, 0.25) is 0 Å². The molecule has 0 amide bonds. The van der Waals surface area contributed by atoms with Crippen molar-refractivity contribution in [2.75, 3.05) is 13.2 Å². The summed E-state index contributed by atoms with van der Waals surface area (Å²) in [5, 5.41) is 9.04. The highest BCUT2D eigenvalue weighted by Gasteiger charge is 2.32. The lowest BCUT2D eigenvalue weighted by atomic mass is 9.86. The summed E-state index contributed by atoms with van der Waals surface area (Å²) in [6.45, 7) is 8.36. The molecule has 17 heavy (non-hydrogen) atoms. The molecule has 0 saturated carbocycles. The molecule has 4 heteroatoms. The lowest BCUT2D eigenvalue weighted by molar-refractivity contribution is -0.148. The van der Waals surface area contributed by atoms with Gasteiger partial charge in [-0.15, -0.1) is 0 Å². The molecule has 0 N–H and O–H groups in total. The summed E-state index contributed by atoms with van der Waals surface area (Å²) in [4.78, 5) is 11.6. The summed E-state index contributed by atoms with van der Waals surface area (Å²) in [7, 11) is 0. The number of nitrogens with zero attached hydrogens (tertiary/aromatic N) is 1. The predicted octanol–water partition coefficient (Wildman–Crippen LogP) is 2.67. The first-order valence-electron chi connectivity index (χ1n) is 6.16. The Balaban J connectivity index is 4.26. The Kier molecular flexibility index (Phi) is 7.56. The van der Waals surface area contributed by atoms with Gasteiger partial charge in [-0.25, -0.2) is 0 Å². The van der Waals surface area contributed by atoms with Crippen LogP contribution in [0.3, 0.4) is 0 Å². The largest absolute Gasteiger partial charge is 0.466 e. The van der Waals surface area contributed by atoms with Crippen LogP contribution in [0, 0.1) is 16.7 Å². The second kappa shape index (κ2) is 8.08. The fourth-order valence-electron chi connectivity index (χ4n) is 1.34. The van der Waals surface area contributed by atoms with E-state index in [0.717, 1.165) is 12.8 Å². The van der Waals surface area contributed by atoms with Crippen molar-refractivity contribution in [1.29, 1.82) is 5.26 Å². The molecule has 0 aromatic carbocycles. The van der Waals surface area contributed by atoms with Crippen molar-refractivity contribution in [2.45, 2.75) is 53.1 Å². The van der Waals surface area contributed by atoms with Gasteiger partial charge in [-0.3, -0.25) is 4.79 Å². The van der Waals surface area contributed by atoms with Crippen LogP contribution in [0.5, 0.6) is 0 Å². The van der Waals surface area contributed by atoms with Crippen LogP contribution in [-0.2, 0) is 14.3 Å². The summed E-state index contributed by atoms with van der Waals surface area (Å²) in [5.74, 6) is -0.291. The maximum Gasteiger partial charge on any atom is 0.308 e. The van der Waals surface area contributed by atoms with E-state index < -0.39 is 11.5 Å². The Labute approximate surface area is 104 Å². The SMILES string of the molecule is CCCCOC(=O)C[C@@H](OCC)C(C)(C)C#N. The smallest absolute Gasteiger partial charge is 0.308 e. The van der Waals surface area contributed by atoms with Crippen LogP contribution in [0.1, 0.15) is 47.0 Å². The molecule has 1 atom stereocenters. The van der Waals surface area contributed by atoms with Gasteiger partial charge in [-0.2, -0.15) is 5.26 Å². The van der Waals surface area contributed by atoms with Crippen molar-refractivity contribution >= 4 is 5.97 Å². The third kappa shape index (κ3) is 6.28. The Hall–Kier alpha value is -1.08. The van der Waals surface area contributed by atoms with Gasteiger partial charge in [0.1, 0.15) is 0 Å². The number of hydrogen-bond acceptors (Lipinski definition) is 4. The lowest BCUT2D eigenvalue weighted by Gasteiger charge is -2.26. The number of hydrogen-bond donors (Lipinski definition) is 0. The first-order valence-corrected chi connectivity index (χ1v) is 6.16. The van der Waals surface area contributed by atoms with Crippen LogP contribution in [-0.4, -0.2) is 25.3 Å². The van der Waals surface area contributed by atoms with Gasteiger partial charge < -0.3 is 9.47 Å². The molecule has 0 heterocycles. The fourth-order valence-corrected chi connectivity index (χ4v) is 1.34. The van der Waals surface area contributed by atoms with Gasteiger partial charge in [0.15, 0.2) is 0 Å². The molecule has 0 saturated heterocycles.